The Kier molecular flexibility index (Phi) is 5.60. The molecule has 1 saturated heterocycles. The molecule has 0 aliphatic carbocycles. The molecule has 1 aliphatic rings. The molecule has 0 saturated carbocycles. The fraction of sp³-hybridized carbons (Fsp3) is 0.211. The topological polar surface area (TPSA) is 84.7 Å². The van der Waals surface area contributed by atoms with Crippen LogP contribution in [-0.2, 0) is 9.53 Å². The lowest BCUT2D eigenvalue weighted by molar-refractivity contribution is -0.384. The van der Waals surface area contributed by atoms with Crippen LogP contribution >= 0.6 is 0 Å². The third-order valence-electron chi connectivity index (χ3n) is 4.04. The van der Waals surface area contributed by atoms with Crippen LogP contribution in [-0.4, -0.2) is 37.1 Å². The van der Waals surface area contributed by atoms with Crippen molar-refractivity contribution in [2.24, 2.45) is 0 Å². The van der Waals surface area contributed by atoms with Crippen LogP contribution in [0.5, 0.6) is 0 Å². The Morgan fingerprint density at radius 1 is 1.08 bits per heavy atom. The van der Waals surface area contributed by atoms with Crippen LogP contribution in [0.15, 0.2) is 54.6 Å². The summed E-state index contributed by atoms with van der Waals surface area (Å²) in [4.78, 5) is 24.4. The van der Waals surface area contributed by atoms with Crippen molar-refractivity contribution in [3.63, 3.8) is 0 Å². The Hall–Kier alpha value is -3.19. The van der Waals surface area contributed by atoms with Gasteiger partial charge in [0.25, 0.3) is 5.69 Å². The van der Waals surface area contributed by atoms with Gasteiger partial charge in [0.1, 0.15) is 0 Å². The average Bonchev–Trinajstić information content (AvgIpc) is 2.68. The normalized spacial score (nSPS) is 14.4. The maximum absolute atomic E-state index is 12.0. The van der Waals surface area contributed by atoms with Crippen LogP contribution in [0, 0.1) is 10.1 Å². The number of carbonyl (C=O) groups excluding carboxylic acids is 1. The van der Waals surface area contributed by atoms with E-state index in [0.29, 0.717) is 11.3 Å². The van der Waals surface area contributed by atoms with Crippen molar-refractivity contribution in [1.29, 1.82) is 0 Å². The Labute approximate surface area is 151 Å². The van der Waals surface area contributed by atoms with Gasteiger partial charge in [0.15, 0.2) is 0 Å². The van der Waals surface area contributed by atoms with E-state index in [1.54, 1.807) is 18.2 Å². The Balaban J connectivity index is 1.56. The second-order valence-corrected chi connectivity index (χ2v) is 5.82. The highest BCUT2D eigenvalue weighted by atomic mass is 16.6. The standard InChI is InChI=1S/C19H19N3O4/c23-19(10-3-15-1-6-18(7-2-15)22(24)25)20-16-4-8-17(9-5-16)21-11-13-26-14-12-21/h1-10H,11-14H2,(H,20,23)/b10-3+. The number of benzene rings is 2. The third-order valence-corrected chi connectivity index (χ3v) is 4.04. The number of rotatable bonds is 5. The molecule has 0 radical (unpaired) electrons. The number of nitro groups is 1. The number of morpholine rings is 1. The second kappa shape index (κ2) is 8.26. The van der Waals surface area contributed by atoms with Gasteiger partial charge in [-0.1, -0.05) is 0 Å². The quantitative estimate of drug-likeness (QED) is 0.507. The smallest absolute Gasteiger partial charge is 0.269 e. The number of carbonyl (C=O) groups is 1. The van der Waals surface area contributed by atoms with Gasteiger partial charge in [0.05, 0.1) is 18.1 Å². The van der Waals surface area contributed by atoms with Gasteiger partial charge in [0, 0.05) is 42.7 Å². The highest BCUT2D eigenvalue weighted by Gasteiger charge is 2.10. The molecule has 0 aromatic heterocycles. The second-order valence-electron chi connectivity index (χ2n) is 5.82. The van der Waals surface area contributed by atoms with Crippen molar-refractivity contribution in [3.8, 4) is 0 Å². The molecule has 3 rings (SSSR count). The molecule has 1 heterocycles. The first-order chi connectivity index (χ1) is 12.6. The molecule has 1 aliphatic heterocycles. The molecule has 0 spiro atoms. The minimum absolute atomic E-state index is 0.0203. The summed E-state index contributed by atoms with van der Waals surface area (Å²) in [5, 5.41) is 13.4. The van der Waals surface area contributed by atoms with Crippen molar-refractivity contribution in [3.05, 3.63) is 70.3 Å². The summed E-state index contributed by atoms with van der Waals surface area (Å²) in [6, 6.07) is 13.7. The molecule has 0 bridgehead atoms. The van der Waals surface area contributed by atoms with E-state index in [-0.39, 0.29) is 11.6 Å². The summed E-state index contributed by atoms with van der Waals surface area (Å²) in [7, 11) is 0. The molecule has 0 unspecified atom stereocenters. The van der Waals surface area contributed by atoms with Gasteiger partial charge in [-0.2, -0.15) is 0 Å². The molecule has 1 amide bonds. The number of anilines is 2. The number of hydrogen-bond acceptors (Lipinski definition) is 5. The first-order valence-electron chi connectivity index (χ1n) is 8.28. The molecular weight excluding hydrogens is 334 g/mol. The molecule has 0 atom stereocenters. The minimum atomic E-state index is -0.458. The highest BCUT2D eigenvalue weighted by molar-refractivity contribution is 6.02. The lowest BCUT2D eigenvalue weighted by atomic mass is 10.2. The highest BCUT2D eigenvalue weighted by Crippen LogP contribution is 2.19. The van der Waals surface area contributed by atoms with Crippen molar-refractivity contribution in [1.82, 2.24) is 0 Å². The van der Waals surface area contributed by atoms with Crippen molar-refractivity contribution >= 4 is 29.0 Å². The number of non-ortho nitro benzene ring substituents is 1. The predicted molar refractivity (Wildman–Crippen MR) is 100 cm³/mol. The zero-order valence-electron chi connectivity index (χ0n) is 14.1. The third kappa shape index (κ3) is 4.67. The molecular formula is C19H19N3O4. The lowest BCUT2D eigenvalue weighted by Crippen LogP contribution is -2.36. The van der Waals surface area contributed by atoms with Gasteiger partial charge in [-0.15, -0.1) is 0 Å². The van der Waals surface area contributed by atoms with Gasteiger partial charge in [-0.3, -0.25) is 14.9 Å². The van der Waals surface area contributed by atoms with E-state index in [1.807, 2.05) is 24.3 Å². The van der Waals surface area contributed by atoms with E-state index >= 15 is 0 Å². The van der Waals surface area contributed by atoms with E-state index < -0.39 is 4.92 Å². The molecule has 1 fully saturated rings. The Bertz CT molecular complexity index is 795. The molecule has 7 nitrogen and oxygen atoms in total. The number of nitrogens with zero attached hydrogens (tertiary/aromatic N) is 2. The van der Waals surface area contributed by atoms with Gasteiger partial charge in [-0.05, 0) is 48.0 Å². The molecule has 2 aromatic carbocycles. The summed E-state index contributed by atoms with van der Waals surface area (Å²) < 4.78 is 5.34. The first kappa shape index (κ1) is 17.6. The summed E-state index contributed by atoms with van der Waals surface area (Å²) >= 11 is 0. The van der Waals surface area contributed by atoms with E-state index in [0.717, 1.165) is 32.0 Å². The Morgan fingerprint density at radius 3 is 2.35 bits per heavy atom. The van der Waals surface area contributed by atoms with Crippen LogP contribution in [0.4, 0.5) is 17.1 Å². The molecule has 134 valence electrons. The predicted octanol–water partition coefficient (Wildman–Crippen LogP) is 3.08. The summed E-state index contributed by atoms with van der Waals surface area (Å²) in [6.07, 6.45) is 3.01. The average molecular weight is 353 g/mol. The van der Waals surface area contributed by atoms with Gasteiger partial charge < -0.3 is 15.0 Å². The van der Waals surface area contributed by atoms with E-state index in [9.17, 15) is 14.9 Å². The number of nitrogens with one attached hydrogen (secondary N) is 1. The maximum Gasteiger partial charge on any atom is 0.269 e. The fourth-order valence-corrected chi connectivity index (χ4v) is 2.64. The van der Waals surface area contributed by atoms with Gasteiger partial charge >= 0.3 is 0 Å². The molecule has 7 heteroatoms. The molecule has 1 N–H and O–H groups in total. The van der Waals surface area contributed by atoms with Gasteiger partial charge in [-0.25, -0.2) is 0 Å². The van der Waals surface area contributed by atoms with Crippen LogP contribution in [0.1, 0.15) is 5.56 Å². The van der Waals surface area contributed by atoms with E-state index in [2.05, 4.69) is 10.2 Å². The summed E-state index contributed by atoms with van der Waals surface area (Å²) in [6.45, 7) is 3.19. The number of amides is 1. The summed E-state index contributed by atoms with van der Waals surface area (Å²) in [5.74, 6) is -0.262. The summed E-state index contributed by atoms with van der Waals surface area (Å²) in [5.41, 5.74) is 2.55. The zero-order valence-corrected chi connectivity index (χ0v) is 14.1. The van der Waals surface area contributed by atoms with Crippen molar-refractivity contribution in [2.45, 2.75) is 0 Å². The first-order valence-corrected chi connectivity index (χ1v) is 8.28. The van der Waals surface area contributed by atoms with E-state index in [4.69, 9.17) is 4.74 Å². The molecule has 26 heavy (non-hydrogen) atoms. The SMILES string of the molecule is O=C(/C=C/c1ccc([N+](=O)[O-])cc1)Nc1ccc(N2CCOCC2)cc1. The monoisotopic (exact) mass is 353 g/mol. The number of ether oxygens (including phenoxy) is 1. The zero-order chi connectivity index (χ0) is 18.4. The van der Waals surface area contributed by atoms with Crippen LogP contribution in [0.2, 0.25) is 0 Å². The fourth-order valence-electron chi connectivity index (χ4n) is 2.64. The largest absolute Gasteiger partial charge is 0.378 e. The van der Waals surface area contributed by atoms with Crippen molar-refractivity contribution in [2.75, 3.05) is 36.5 Å². The number of nitro benzene ring substituents is 1. The van der Waals surface area contributed by atoms with Crippen LogP contribution in [0.3, 0.4) is 0 Å². The van der Waals surface area contributed by atoms with Crippen LogP contribution in [0.25, 0.3) is 6.08 Å². The molecule has 2 aromatic rings. The number of hydrogen-bond donors (Lipinski definition) is 1. The van der Waals surface area contributed by atoms with Crippen LogP contribution < -0.4 is 10.2 Å². The van der Waals surface area contributed by atoms with E-state index in [1.165, 1.54) is 18.2 Å². The van der Waals surface area contributed by atoms with Gasteiger partial charge in [0.2, 0.25) is 5.91 Å². The van der Waals surface area contributed by atoms with Crippen molar-refractivity contribution < 1.29 is 14.5 Å². The minimum Gasteiger partial charge on any atom is -0.378 e. The lowest BCUT2D eigenvalue weighted by Gasteiger charge is -2.28. The Morgan fingerprint density at radius 2 is 1.73 bits per heavy atom. The maximum atomic E-state index is 12.0.